The lowest BCUT2D eigenvalue weighted by Gasteiger charge is -2.09. The molecule has 0 aliphatic heterocycles. The molecule has 1 aliphatic carbocycles. The molecule has 48 valence electrons. The summed E-state index contributed by atoms with van der Waals surface area (Å²) in [6.45, 7) is 0. The Morgan fingerprint density at radius 3 is 2.00 bits per heavy atom. The van der Waals surface area contributed by atoms with Crippen molar-refractivity contribution in [2.75, 3.05) is 0 Å². The standard InChI is InChI=1S/C5H11NO2/c6-3-1-2-4(7)5(3)8/h3-5,7-8H,1-2,6H2/t3-,4+,5-/m1/s1. The Morgan fingerprint density at radius 1 is 1.25 bits per heavy atom. The summed E-state index contributed by atoms with van der Waals surface area (Å²) in [5.41, 5.74) is 5.36. The zero-order valence-corrected chi connectivity index (χ0v) is 4.62. The zero-order chi connectivity index (χ0) is 6.15. The van der Waals surface area contributed by atoms with E-state index >= 15 is 0 Å². The molecule has 3 nitrogen and oxygen atoms in total. The van der Waals surface area contributed by atoms with Gasteiger partial charge in [0.05, 0.1) is 12.2 Å². The monoisotopic (exact) mass is 117 g/mol. The van der Waals surface area contributed by atoms with Crippen LogP contribution in [0.15, 0.2) is 0 Å². The first-order valence-electron chi connectivity index (χ1n) is 2.83. The fourth-order valence-electron chi connectivity index (χ4n) is 0.990. The molecule has 3 heteroatoms. The second-order valence-electron chi connectivity index (χ2n) is 2.30. The van der Waals surface area contributed by atoms with Gasteiger partial charge in [-0.3, -0.25) is 0 Å². The van der Waals surface area contributed by atoms with Crippen molar-refractivity contribution in [2.45, 2.75) is 31.1 Å². The highest BCUT2D eigenvalue weighted by molar-refractivity contribution is 4.86. The van der Waals surface area contributed by atoms with Gasteiger partial charge >= 0.3 is 0 Å². The van der Waals surface area contributed by atoms with Gasteiger partial charge in [0.25, 0.3) is 0 Å². The van der Waals surface area contributed by atoms with Crippen molar-refractivity contribution in [1.82, 2.24) is 0 Å². The van der Waals surface area contributed by atoms with E-state index < -0.39 is 12.2 Å². The predicted molar refractivity (Wildman–Crippen MR) is 29.2 cm³/mol. The third-order valence-corrected chi connectivity index (χ3v) is 1.63. The number of hydrogen-bond donors (Lipinski definition) is 3. The molecule has 4 N–H and O–H groups in total. The van der Waals surface area contributed by atoms with Gasteiger partial charge in [-0.1, -0.05) is 0 Å². The van der Waals surface area contributed by atoms with Gasteiger partial charge in [0, 0.05) is 6.04 Å². The molecular weight excluding hydrogens is 106 g/mol. The van der Waals surface area contributed by atoms with Gasteiger partial charge in [0.1, 0.15) is 0 Å². The highest BCUT2D eigenvalue weighted by Crippen LogP contribution is 2.17. The Morgan fingerprint density at radius 2 is 1.88 bits per heavy atom. The van der Waals surface area contributed by atoms with E-state index in [2.05, 4.69) is 0 Å². The first-order chi connectivity index (χ1) is 3.72. The molecule has 8 heavy (non-hydrogen) atoms. The fraction of sp³-hybridized carbons (Fsp3) is 1.00. The van der Waals surface area contributed by atoms with Crippen LogP contribution in [0.5, 0.6) is 0 Å². The Labute approximate surface area is 48.1 Å². The number of aliphatic hydroxyl groups is 2. The number of nitrogens with two attached hydrogens (primary N) is 1. The average molecular weight is 117 g/mol. The van der Waals surface area contributed by atoms with Crippen molar-refractivity contribution in [1.29, 1.82) is 0 Å². The summed E-state index contributed by atoms with van der Waals surface area (Å²) in [7, 11) is 0. The Bertz CT molecular complexity index is 76.5. The van der Waals surface area contributed by atoms with Gasteiger partial charge in [-0.25, -0.2) is 0 Å². The quantitative estimate of drug-likeness (QED) is 0.374. The van der Waals surface area contributed by atoms with Crippen molar-refractivity contribution in [2.24, 2.45) is 5.73 Å². The van der Waals surface area contributed by atoms with Gasteiger partial charge in [0.2, 0.25) is 0 Å². The van der Waals surface area contributed by atoms with E-state index in [1.165, 1.54) is 0 Å². The Balaban J connectivity index is 2.44. The van der Waals surface area contributed by atoms with Crippen LogP contribution in [0.3, 0.4) is 0 Å². The molecule has 1 saturated carbocycles. The van der Waals surface area contributed by atoms with E-state index in [0.29, 0.717) is 6.42 Å². The highest BCUT2D eigenvalue weighted by atomic mass is 16.3. The zero-order valence-electron chi connectivity index (χ0n) is 4.62. The lowest BCUT2D eigenvalue weighted by molar-refractivity contribution is 0.0364. The van der Waals surface area contributed by atoms with Crippen molar-refractivity contribution >= 4 is 0 Å². The van der Waals surface area contributed by atoms with Crippen LogP contribution < -0.4 is 5.73 Å². The van der Waals surface area contributed by atoms with Crippen LogP contribution in [0.1, 0.15) is 12.8 Å². The van der Waals surface area contributed by atoms with Crippen molar-refractivity contribution in [3.63, 3.8) is 0 Å². The van der Waals surface area contributed by atoms with Crippen LogP contribution in [0.2, 0.25) is 0 Å². The van der Waals surface area contributed by atoms with E-state index in [9.17, 15) is 0 Å². The predicted octanol–water partition coefficient (Wildman–Crippen LogP) is -1.17. The average Bonchev–Trinajstić information content (AvgIpc) is 1.98. The molecule has 1 rings (SSSR count). The lowest BCUT2D eigenvalue weighted by Crippen LogP contribution is -2.34. The van der Waals surface area contributed by atoms with Gasteiger partial charge < -0.3 is 15.9 Å². The molecule has 0 unspecified atom stereocenters. The summed E-state index contributed by atoms with van der Waals surface area (Å²) in [5.74, 6) is 0. The molecule has 0 aromatic rings. The van der Waals surface area contributed by atoms with Crippen molar-refractivity contribution in [3.05, 3.63) is 0 Å². The minimum absolute atomic E-state index is 0.204. The maximum atomic E-state index is 8.89. The molecule has 0 aromatic carbocycles. The summed E-state index contributed by atoms with van der Waals surface area (Å²) in [6, 6.07) is -0.204. The van der Waals surface area contributed by atoms with Crippen LogP contribution in [-0.4, -0.2) is 28.5 Å². The summed E-state index contributed by atoms with van der Waals surface area (Å²) in [5, 5.41) is 17.7. The van der Waals surface area contributed by atoms with E-state index in [1.807, 2.05) is 0 Å². The molecule has 0 radical (unpaired) electrons. The number of rotatable bonds is 0. The number of hydrogen-bond acceptors (Lipinski definition) is 3. The van der Waals surface area contributed by atoms with Gasteiger partial charge in [-0.15, -0.1) is 0 Å². The molecule has 0 bridgehead atoms. The lowest BCUT2D eigenvalue weighted by atomic mass is 10.2. The van der Waals surface area contributed by atoms with Crippen LogP contribution in [0.4, 0.5) is 0 Å². The smallest absolute Gasteiger partial charge is 0.0949 e. The second-order valence-corrected chi connectivity index (χ2v) is 2.30. The third-order valence-electron chi connectivity index (χ3n) is 1.63. The van der Waals surface area contributed by atoms with E-state index in [-0.39, 0.29) is 6.04 Å². The molecule has 3 atom stereocenters. The Kier molecular flexibility index (Phi) is 1.51. The summed E-state index contributed by atoms with van der Waals surface area (Å²) in [6.07, 6.45) is 0.116. The largest absolute Gasteiger partial charge is 0.390 e. The van der Waals surface area contributed by atoms with E-state index in [4.69, 9.17) is 15.9 Å². The summed E-state index contributed by atoms with van der Waals surface area (Å²) < 4.78 is 0. The summed E-state index contributed by atoms with van der Waals surface area (Å²) >= 11 is 0. The Hall–Kier alpha value is -0.120. The topological polar surface area (TPSA) is 66.5 Å². The molecule has 0 aromatic heterocycles. The minimum atomic E-state index is -0.685. The molecular formula is C5H11NO2. The van der Waals surface area contributed by atoms with Gasteiger partial charge in [-0.05, 0) is 12.8 Å². The highest BCUT2D eigenvalue weighted by Gasteiger charge is 2.29. The van der Waals surface area contributed by atoms with Crippen LogP contribution in [0.25, 0.3) is 0 Å². The first-order valence-corrected chi connectivity index (χ1v) is 2.83. The van der Waals surface area contributed by atoms with Crippen LogP contribution >= 0.6 is 0 Å². The van der Waals surface area contributed by atoms with E-state index in [0.717, 1.165) is 6.42 Å². The maximum absolute atomic E-state index is 8.89. The first kappa shape index (κ1) is 6.01. The van der Waals surface area contributed by atoms with E-state index in [1.54, 1.807) is 0 Å². The molecule has 1 aliphatic rings. The molecule has 1 fully saturated rings. The van der Waals surface area contributed by atoms with Crippen LogP contribution in [0, 0.1) is 0 Å². The SMILES string of the molecule is N[C@@H]1CC[C@H](O)[C@@H]1O. The van der Waals surface area contributed by atoms with Crippen LogP contribution in [-0.2, 0) is 0 Å². The maximum Gasteiger partial charge on any atom is 0.0949 e. The van der Waals surface area contributed by atoms with Crippen molar-refractivity contribution in [3.8, 4) is 0 Å². The van der Waals surface area contributed by atoms with Gasteiger partial charge in [-0.2, -0.15) is 0 Å². The number of aliphatic hydroxyl groups excluding tert-OH is 2. The minimum Gasteiger partial charge on any atom is -0.390 e. The third kappa shape index (κ3) is 0.844. The summed E-state index contributed by atoms with van der Waals surface area (Å²) in [4.78, 5) is 0. The molecule has 0 heterocycles. The van der Waals surface area contributed by atoms with Gasteiger partial charge in [0.15, 0.2) is 0 Å². The molecule has 0 amide bonds. The normalized spacial score (nSPS) is 47.6. The van der Waals surface area contributed by atoms with Crippen molar-refractivity contribution < 1.29 is 10.2 Å². The molecule has 0 saturated heterocycles. The fourth-order valence-corrected chi connectivity index (χ4v) is 0.990. The second kappa shape index (κ2) is 2.01. The molecule has 0 spiro atoms.